The van der Waals surface area contributed by atoms with Crippen molar-refractivity contribution in [2.24, 2.45) is 5.92 Å². The van der Waals surface area contributed by atoms with E-state index in [1.54, 1.807) is 19.9 Å². The first-order chi connectivity index (χ1) is 9.31. The number of nitrogens with one attached hydrogen (secondary N) is 2. The van der Waals surface area contributed by atoms with Crippen molar-refractivity contribution in [3.8, 4) is 0 Å². The maximum Gasteiger partial charge on any atom is 0.319 e. The van der Waals surface area contributed by atoms with E-state index in [1.807, 2.05) is 18.2 Å². The van der Waals surface area contributed by atoms with Gasteiger partial charge in [0.05, 0.1) is 5.92 Å². The Morgan fingerprint density at radius 1 is 1.15 bits per heavy atom. The molecule has 1 aromatic rings. The first-order valence-electron chi connectivity index (χ1n) is 6.71. The minimum Gasteiger partial charge on any atom is -0.481 e. The third-order valence-electron chi connectivity index (χ3n) is 3.31. The van der Waals surface area contributed by atoms with Crippen LogP contribution in [0.1, 0.15) is 39.2 Å². The Balaban J connectivity index is 2.62. The van der Waals surface area contributed by atoms with Gasteiger partial charge in [-0.3, -0.25) is 4.79 Å². The van der Waals surface area contributed by atoms with Gasteiger partial charge in [0, 0.05) is 11.7 Å². The number of carboxylic acid groups (broad SMARTS) is 1. The van der Waals surface area contributed by atoms with Crippen LogP contribution in [0.15, 0.2) is 24.3 Å². The minimum atomic E-state index is -0.931. The van der Waals surface area contributed by atoms with E-state index in [0.29, 0.717) is 11.6 Å². The molecule has 0 aromatic heterocycles. The summed E-state index contributed by atoms with van der Waals surface area (Å²) in [6.07, 6.45) is 0. The van der Waals surface area contributed by atoms with E-state index in [-0.39, 0.29) is 0 Å². The molecule has 2 atom stereocenters. The fraction of sp³-hybridized carbons (Fsp3) is 0.467. The van der Waals surface area contributed by atoms with E-state index in [0.717, 1.165) is 5.56 Å². The molecule has 0 saturated carbocycles. The van der Waals surface area contributed by atoms with Crippen molar-refractivity contribution in [3.63, 3.8) is 0 Å². The van der Waals surface area contributed by atoms with Gasteiger partial charge in [0.25, 0.3) is 0 Å². The molecule has 0 heterocycles. The SMILES string of the molecule is CC(C)c1cccc(NC(=O)NC(C)C(C)C(=O)O)c1. The molecule has 2 unspecified atom stereocenters. The number of urea groups is 1. The summed E-state index contributed by atoms with van der Waals surface area (Å²) in [4.78, 5) is 22.6. The van der Waals surface area contributed by atoms with Crippen molar-refractivity contribution in [1.82, 2.24) is 5.32 Å². The van der Waals surface area contributed by atoms with Crippen LogP contribution in [-0.2, 0) is 4.79 Å². The number of hydrogen-bond donors (Lipinski definition) is 3. The highest BCUT2D eigenvalue weighted by molar-refractivity contribution is 5.89. The molecule has 0 aliphatic carbocycles. The molecule has 0 spiro atoms. The molecule has 20 heavy (non-hydrogen) atoms. The fourth-order valence-corrected chi connectivity index (χ4v) is 1.69. The fourth-order valence-electron chi connectivity index (χ4n) is 1.69. The van der Waals surface area contributed by atoms with E-state index in [4.69, 9.17) is 5.11 Å². The molecule has 5 heteroatoms. The van der Waals surface area contributed by atoms with Crippen LogP contribution >= 0.6 is 0 Å². The lowest BCUT2D eigenvalue weighted by atomic mass is 10.0. The summed E-state index contributed by atoms with van der Waals surface area (Å²) in [5.74, 6) is -1.19. The van der Waals surface area contributed by atoms with E-state index in [2.05, 4.69) is 24.5 Å². The van der Waals surface area contributed by atoms with Crippen LogP contribution in [0.5, 0.6) is 0 Å². The predicted molar refractivity (Wildman–Crippen MR) is 78.9 cm³/mol. The van der Waals surface area contributed by atoms with Crippen molar-refractivity contribution in [3.05, 3.63) is 29.8 Å². The van der Waals surface area contributed by atoms with Gasteiger partial charge in [-0.1, -0.05) is 26.0 Å². The van der Waals surface area contributed by atoms with E-state index in [1.165, 1.54) is 0 Å². The molecule has 1 aromatic carbocycles. The third-order valence-corrected chi connectivity index (χ3v) is 3.31. The number of anilines is 1. The van der Waals surface area contributed by atoms with Gasteiger partial charge in [0.2, 0.25) is 0 Å². The molecule has 0 saturated heterocycles. The van der Waals surface area contributed by atoms with Gasteiger partial charge in [0.15, 0.2) is 0 Å². The van der Waals surface area contributed by atoms with Crippen LogP contribution < -0.4 is 10.6 Å². The van der Waals surface area contributed by atoms with Gasteiger partial charge in [-0.25, -0.2) is 4.79 Å². The number of rotatable bonds is 5. The van der Waals surface area contributed by atoms with Gasteiger partial charge >= 0.3 is 12.0 Å². The second kappa shape index (κ2) is 6.93. The van der Waals surface area contributed by atoms with E-state index >= 15 is 0 Å². The topological polar surface area (TPSA) is 78.4 Å². The molecule has 0 bridgehead atoms. The molecule has 0 radical (unpaired) electrons. The Bertz CT molecular complexity index is 486. The lowest BCUT2D eigenvalue weighted by Gasteiger charge is -2.18. The van der Waals surface area contributed by atoms with Crippen molar-refractivity contribution < 1.29 is 14.7 Å². The Morgan fingerprint density at radius 3 is 2.35 bits per heavy atom. The summed E-state index contributed by atoms with van der Waals surface area (Å²) in [7, 11) is 0. The largest absolute Gasteiger partial charge is 0.481 e. The summed E-state index contributed by atoms with van der Waals surface area (Å²) < 4.78 is 0. The van der Waals surface area contributed by atoms with Gasteiger partial charge in [-0.15, -0.1) is 0 Å². The Hall–Kier alpha value is -2.04. The van der Waals surface area contributed by atoms with Crippen molar-refractivity contribution >= 4 is 17.7 Å². The molecule has 5 nitrogen and oxygen atoms in total. The Labute approximate surface area is 119 Å². The summed E-state index contributed by atoms with van der Waals surface area (Å²) in [6.45, 7) is 7.39. The van der Waals surface area contributed by atoms with Gasteiger partial charge in [0.1, 0.15) is 0 Å². The number of carboxylic acids is 1. The lowest BCUT2D eigenvalue weighted by molar-refractivity contribution is -0.141. The molecule has 3 N–H and O–H groups in total. The van der Waals surface area contributed by atoms with Gasteiger partial charge < -0.3 is 15.7 Å². The van der Waals surface area contributed by atoms with Crippen LogP contribution in [0, 0.1) is 5.92 Å². The number of benzene rings is 1. The summed E-state index contributed by atoms with van der Waals surface area (Å²) in [5, 5.41) is 14.2. The smallest absolute Gasteiger partial charge is 0.319 e. The molecular formula is C15H22N2O3. The second-order valence-electron chi connectivity index (χ2n) is 5.29. The molecule has 0 aliphatic rings. The molecule has 1 rings (SSSR count). The average molecular weight is 278 g/mol. The zero-order chi connectivity index (χ0) is 15.3. The number of amides is 2. The average Bonchev–Trinajstić information content (AvgIpc) is 2.37. The predicted octanol–water partition coefficient (Wildman–Crippen LogP) is 3.04. The minimum absolute atomic E-state index is 0.380. The van der Waals surface area contributed by atoms with Crippen LogP contribution in [-0.4, -0.2) is 23.1 Å². The normalized spacial score (nSPS) is 13.7. The summed E-state index contributed by atoms with van der Waals surface area (Å²) >= 11 is 0. The van der Waals surface area contributed by atoms with Gasteiger partial charge in [-0.2, -0.15) is 0 Å². The summed E-state index contributed by atoms with van der Waals surface area (Å²) in [6, 6.07) is 6.76. The first-order valence-corrected chi connectivity index (χ1v) is 6.71. The number of carbonyl (C=O) groups excluding carboxylic acids is 1. The zero-order valence-corrected chi connectivity index (χ0v) is 12.3. The van der Waals surface area contributed by atoms with Gasteiger partial charge in [-0.05, 0) is 37.5 Å². The standard InChI is InChI=1S/C15H22N2O3/c1-9(2)12-6-5-7-13(8-12)17-15(20)16-11(4)10(3)14(18)19/h5-11H,1-4H3,(H,18,19)(H2,16,17,20). The highest BCUT2D eigenvalue weighted by Crippen LogP contribution is 2.18. The highest BCUT2D eigenvalue weighted by Gasteiger charge is 2.20. The quantitative estimate of drug-likeness (QED) is 0.774. The highest BCUT2D eigenvalue weighted by atomic mass is 16.4. The van der Waals surface area contributed by atoms with Crippen LogP contribution in [0.2, 0.25) is 0 Å². The van der Waals surface area contributed by atoms with Crippen molar-refractivity contribution in [2.45, 2.75) is 39.7 Å². The van der Waals surface area contributed by atoms with E-state index < -0.39 is 24.0 Å². The third kappa shape index (κ3) is 4.57. The van der Waals surface area contributed by atoms with Crippen LogP contribution in [0.4, 0.5) is 10.5 Å². The number of carbonyl (C=O) groups is 2. The maximum atomic E-state index is 11.8. The molecule has 2 amide bonds. The second-order valence-corrected chi connectivity index (χ2v) is 5.29. The first kappa shape index (κ1) is 16.0. The van der Waals surface area contributed by atoms with Crippen molar-refractivity contribution in [1.29, 1.82) is 0 Å². The molecule has 0 fully saturated rings. The number of hydrogen-bond acceptors (Lipinski definition) is 2. The number of aliphatic carboxylic acids is 1. The van der Waals surface area contributed by atoms with Crippen LogP contribution in [0.25, 0.3) is 0 Å². The monoisotopic (exact) mass is 278 g/mol. The van der Waals surface area contributed by atoms with Crippen molar-refractivity contribution in [2.75, 3.05) is 5.32 Å². The van der Waals surface area contributed by atoms with E-state index in [9.17, 15) is 9.59 Å². The lowest BCUT2D eigenvalue weighted by Crippen LogP contribution is -2.42. The molecule has 0 aliphatic heterocycles. The Morgan fingerprint density at radius 2 is 1.80 bits per heavy atom. The molecular weight excluding hydrogens is 256 g/mol. The Kier molecular flexibility index (Phi) is 5.55. The maximum absolute atomic E-state index is 11.8. The molecule has 110 valence electrons. The van der Waals surface area contributed by atoms with Crippen LogP contribution in [0.3, 0.4) is 0 Å². The zero-order valence-electron chi connectivity index (χ0n) is 12.3. The summed E-state index contributed by atoms with van der Waals surface area (Å²) in [5.41, 5.74) is 1.83.